The number of hydrogen-bond donors (Lipinski definition) is 0. The number of hydrogen-bond acceptors (Lipinski definition) is 2. The average molecular weight is 277 g/mol. The number of fused-ring (bicyclic) bond motifs is 3. The Morgan fingerprint density at radius 3 is 2.57 bits per heavy atom. The van der Waals surface area contributed by atoms with Gasteiger partial charge in [0.25, 0.3) is 5.91 Å². The molecule has 3 heteroatoms. The van der Waals surface area contributed by atoms with Gasteiger partial charge in [-0.3, -0.25) is 4.79 Å². The summed E-state index contributed by atoms with van der Waals surface area (Å²) in [5.74, 6) is 0.775. The molecule has 0 radical (unpaired) electrons. The Hall–Kier alpha value is -2.55. The van der Waals surface area contributed by atoms with Crippen molar-refractivity contribution in [3.05, 3.63) is 72.3 Å². The van der Waals surface area contributed by atoms with E-state index in [2.05, 4.69) is 18.7 Å². The molecule has 2 aromatic carbocycles. The molecule has 0 aromatic heterocycles. The maximum atomic E-state index is 12.3. The Bertz CT molecular complexity index is 723. The van der Waals surface area contributed by atoms with Crippen LogP contribution in [0.25, 0.3) is 5.57 Å². The van der Waals surface area contributed by atoms with Crippen molar-refractivity contribution in [2.24, 2.45) is 0 Å². The van der Waals surface area contributed by atoms with E-state index in [9.17, 15) is 4.79 Å². The monoisotopic (exact) mass is 277 g/mol. The molecule has 1 fully saturated rings. The van der Waals surface area contributed by atoms with Crippen LogP contribution in [0, 0.1) is 0 Å². The first kappa shape index (κ1) is 12.2. The lowest BCUT2D eigenvalue weighted by Crippen LogP contribution is -2.62. The summed E-state index contributed by atoms with van der Waals surface area (Å²) >= 11 is 0. The number of nitrogens with zero attached hydrogens (tertiary/aromatic N) is 1. The third kappa shape index (κ3) is 1.77. The molecule has 1 saturated heterocycles. The van der Waals surface area contributed by atoms with E-state index in [1.54, 1.807) is 0 Å². The van der Waals surface area contributed by atoms with E-state index in [0.717, 1.165) is 22.4 Å². The Morgan fingerprint density at radius 1 is 1.05 bits per heavy atom. The second-order valence-corrected chi connectivity index (χ2v) is 5.45. The van der Waals surface area contributed by atoms with Gasteiger partial charge in [0.05, 0.1) is 0 Å². The average Bonchev–Trinajstić information content (AvgIpc) is 2.54. The molecule has 2 aliphatic heterocycles. The fraction of sp³-hybridized carbons (Fsp3) is 0.167. The topological polar surface area (TPSA) is 29.5 Å². The lowest BCUT2D eigenvalue weighted by Gasteiger charge is -2.50. The van der Waals surface area contributed by atoms with Crippen LogP contribution in [0.2, 0.25) is 0 Å². The van der Waals surface area contributed by atoms with Crippen LogP contribution in [0.15, 0.2) is 61.2 Å². The molecule has 0 bridgehead atoms. The van der Waals surface area contributed by atoms with Crippen LogP contribution >= 0.6 is 0 Å². The minimum absolute atomic E-state index is 0.000550. The zero-order valence-electron chi connectivity index (χ0n) is 11.5. The highest BCUT2D eigenvalue weighted by Crippen LogP contribution is 2.44. The minimum atomic E-state index is -0.429. The zero-order valence-corrected chi connectivity index (χ0v) is 11.5. The van der Waals surface area contributed by atoms with E-state index in [-0.39, 0.29) is 11.9 Å². The van der Waals surface area contributed by atoms with E-state index in [4.69, 9.17) is 4.74 Å². The summed E-state index contributed by atoms with van der Waals surface area (Å²) in [4.78, 5) is 14.2. The fourth-order valence-electron chi connectivity index (χ4n) is 3.15. The van der Waals surface area contributed by atoms with E-state index < -0.39 is 6.10 Å². The summed E-state index contributed by atoms with van der Waals surface area (Å²) in [7, 11) is 0. The van der Waals surface area contributed by atoms with Crippen molar-refractivity contribution < 1.29 is 9.53 Å². The number of amides is 1. The van der Waals surface area contributed by atoms with Crippen LogP contribution in [0.1, 0.15) is 17.2 Å². The smallest absolute Gasteiger partial charge is 0.267 e. The van der Waals surface area contributed by atoms with E-state index in [0.29, 0.717) is 6.54 Å². The Labute approximate surface area is 123 Å². The fourth-order valence-corrected chi connectivity index (χ4v) is 3.15. The summed E-state index contributed by atoms with van der Waals surface area (Å²) in [6.07, 6.45) is -0.429. The lowest BCUT2D eigenvalue weighted by atomic mass is 9.81. The zero-order chi connectivity index (χ0) is 14.4. The van der Waals surface area contributed by atoms with Gasteiger partial charge in [-0.25, -0.2) is 0 Å². The summed E-state index contributed by atoms with van der Waals surface area (Å²) in [6.45, 7) is 4.68. The van der Waals surface area contributed by atoms with Crippen LogP contribution in [-0.4, -0.2) is 23.5 Å². The predicted molar refractivity (Wildman–Crippen MR) is 80.8 cm³/mol. The minimum Gasteiger partial charge on any atom is -0.478 e. The molecule has 0 spiro atoms. The third-order valence-electron chi connectivity index (χ3n) is 4.18. The Kier molecular flexibility index (Phi) is 2.61. The molecule has 2 aromatic rings. The van der Waals surface area contributed by atoms with Gasteiger partial charge in [0.1, 0.15) is 11.8 Å². The predicted octanol–water partition coefficient (Wildman–Crippen LogP) is 3.04. The maximum Gasteiger partial charge on any atom is 0.267 e. The van der Waals surface area contributed by atoms with Crippen LogP contribution in [0.3, 0.4) is 0 Å². The Morgan fingerprint density at radius 2 is 1.76 bits per heavy atom. The molecule has 2 heterocycles. The molecule has 104 valence electrons. The number of carbonyl (C=O) groups excluding carboxylic acids is 1. The SMILES string of the molecule is C=C1CN2C(=O)[C@@H](Oc3ccccc3)[C@H]2c2ccccc21. The number of β-lactam (4-membered cyclic amide) rings is 1. The van der Waals surface area contributed by atoms with Crippen LogP contribution < -0.4 is 4.74 Å². The van der Waals surface area contributed by atoms with E-state index >= 15 is 0 Å². The molecule has 3 nitrogen and oxygen atoms in total. The van der Waals surface area contributed by atoms with E-state index in [1.807, 2.05) is 47.4 Å². The quantitative estimate of drug-likeness (QED) is 0.790. The van der Waals surface area contributed by atoms with Crippen molar-refractivity contribution in [2.75, 3.05) is 6.54 Å². The van der Waals surface area contributed by atoms with Crippen molar-refractivity contribution in [1.82, 2.24) is 4.90 Å². The van der Waals surface area contributed by atoms with Gasteiger partial charge in [-0.1, -0.05) is 49.0 Å². The van der Waals surface area contributed by atoms with Gasteiger partial charge in [-0.2, -0.15) is 0 Å². The molecule has 2 aliphatic rings. The normalized spacial score (nSPS) is 23.1. The standard InChI is InChI=1S/C18H15NO2/c1-12-11-19-16(15-10-6-5-9-14(12)15)17(18(19)20)21-13-7-3-2-4-8-13/h2-10,16-17H,1,11H2/t16-,17+/m1/s1. The molecular weight excluding hydrogens is 262 g/mol. The number of carbonyl (C=O) groups is 1. The van der Waals surface area contributed by atoms with Crippen LogP contribution in [0.4, 0.5) is 0 Å². The number of para-hydroxylation sites is 1. The van der Waals surface area contributed by atoms with E-state index in [1.165, 1.54) is 0 Å². The molecule has 0 saturated carbocycles. The van der Waals surface area contributed by atoms with Gasteiger partial charge in [0, 0.05) is 6.54 Å². The molecule has 21 heavy (non-hydrogen) atoms. The number of ether oxygens (including phenoxy) is 1. The van der Waals surface area contributed by atoms with Crippen molar-refractivity contribution in [3.8, 4) is 5.75 Å². The van der Waals surface area contributed by atoms with Gasteiger partial charge >= 0.3 is 0 Å². The number of benzene rings is 2. The highest BCUT2D eigenvalue weighted by molar-refractivity contribution is 5.93. The van der Waals surface area contributed by atoms with Gasteiger partial charge in [0.15, 0.2) is 0 Å². The highest BCUT2D eigenvalue weighted by atomic mass is 16.5. The maximum absolute atomic E-state index is 12.3. The molecule has 0 aliphatic carbocycles. The summed E-state index contributed by atoms with van der Waals surface area (Å²) in [5, 5.41) is 0. The van der Waals surface area contributed by atoms with Crippen LogP contribution in [-0.2, 0) is 4.79 Å². The first-order valence-corrected chi connectivity index (χ1v) is 7.05. The van der Waals surface area contributed by atoms with Crippen LogP contribution in [0.5, 0.6) is 5.75 Å². The summed E-state index contributed by atoms with van der Waals surface area (Å²) in [6, 6.07) is 17.6. The first-order valence-electron chi connectivity index (χ1n) is 7.05. The van der Waals surface area contributed by atoms with Gasteiger partial charge < -0.3 is 9.64 Å². The van der Waals surface area contributed by atoms with Crippen molar-refractivity contribution in [1.29, 1.82) is 0 Å². The molecule has 1 amide bonds. The molecule has 0 unspecified atom stereocenters. The second-order valence-electron chi connectivity index (χ2n) is 5.45. The van der Waals surface area contributed by atoms with Crippen molar-refractivity contribution >= 4 is 11.5 Å². The summed E-state index contributed by atoms with van der Waals surface area (Å²) < 4.78 is 5.90. The Balaban J connectivity index is 1.69. The van der Waals surface area contributed by atoms with Crippen molar-refractivity contribution in [3.63, 3.8) is 0 Å². The van der Waals surface area contributed by atoms with Crippen molar-refractivity contribution in [2.45, 2.75) is 12.1 Å². The van der Waals surface area contributed by atoms with Gasteiger partial charge in [-0.15, -0.1) is 0 Å². The lowest BCUT2D eigenvalue weighted by molar-refractivity contribution is -0.163. The van der Waals surface area contributed by atoms with Gasteiger partial charge in [0.2, 0.25) is 6.10 Å². The highest BCUT2D eigenvalue weighted by Gasteiger charge is 2.52. The third-order valence-corrected chi connectivity index (χ3v) is 4.18. The molecular formula is C18H15NO2. The van der Waals surface area contributed by atoms with Gasteiger partial charge in [-0.05, 0) is 28.8 Å². The summed E-state index contributed by atoms with van der Waals surface area (Å²) in [5.41, 5.74) is 3.27. The molecule has 2 atom stereocenters. The largest absolute Gasteiger partial charge is 0.478 e. The number of rotatable bonds is 2. The molecule has 0 N–H and O–H groups in total. The first-order chi connectivity index (χ1) is 10.3. The second kappa shape index (κ2) is 4.48. The molecule has 4 rings (SSSR count).